The summed E-state index contributed by atoms with van der Waals surface area (Å²) in [6.07, 6.45) is 4.09. The maximum Gasteiger partial charge on any atom is 0.250 e. The van der Waals surface area contributed by atoms with Crippen molar-refractivity contribution in [2.24, 2.45) is 5.73 Å². The van der Waals surface area contributed by atoms with E-state index in [-0.39, 0.29) is 11.7 Å². The van der Waals surface area contributed by atoms with Gasteiger partial charge in [0.15, 0.2) is 0 Å². The summed E-state index contributed by atoms with van der Waals surface area (Å²) < 4.78 is 33.4. The number of primary amides is 1. The van der Waals surface area contributed by atoms with E-state index in [0.29, 0.717) is 25.1 Å². The Balaban J connectivity index is 1.37. The van der Waals surface area contributed by atoms with Gasteiger partial charge in [-0.05, 0) is 49.4 Å². The normalized spacial score (nSPS) is 19.8. The fourth-order valence-electron chi connectivity index (χ4n) is 4.62. The lowest BCUT2D eigenvalue weighted by atomic mass is 9.89. The molecule has 2 aromatic rings. The standard InChI is InChI=1S/C21H29BrN4O4S/c22-16-12-17-19(14-24-20(17)18(13-16)21(23)27)15-2-5-26(6-3-15)31(28,29)11-1-4-25-7-9-30-10-8-25/h12-15,24H,1-11H2,(H2,23,27). The SMILES string of the molecule is NC(=O)c1cc(Br)cc2c(C3CCN(S(=O)(=O)CCCN4CCOCC4)CC3)c[nH]c12. The molecule has 3 N–H and O–H groups in total. The average molecular weight is 513 g/mol. The van der Waals surface area contributed by atoms with Crippen LogP contribution in [0.2, 0.25) is 0 Å². The van der Waals surface area contributed by atoms with Crippen LogP contribution in [0.1, 0.15) is 41.1 Å². The molecule has 2 fully saturated rings. The molecule has 1 aromatic carbocycles. The number of benzene rings is 1. The molecule has 1 aromatic heterocycles. The highest BCUT2D eigenvalue weighted by Gasteiger charge is 2.30. The third-order valence-electron chi connectivity index (χ3n) is 6.32. The first-order valence-corrected chi connectivity index (χ1v) is 13.1. The van der Waals surface area contributed by atoms with Crippen molar-refractivity contribution in [2.45, 2.75) is 25.2 Å². The van der Waals surface area contributed by atoms with Crippen LogP contribution in [0.3, 0.4) is 0 Å². The van der Waals surface area contributed by atoms with Gasteiger partial charge in [0.2, 0.25) is 10.0 Å². The molecule has 2 aliphatic rings. The van der Waals surface area contributed by atoms with Gasteiger partial charge in [-0.15, -0.1) is 0 Å². The largest absolute Gasteiger partial charge is 0.379 e. The van der Waals surface area contributed by atoms with E-state index in [9.17, 15) is 13.2 Å². The summed E-state index contributed by atoms with van der Waals surface area (Å²) in [5.74, 6) is -0.0434. The van der Waals surface area contributed by atoms with E-state index in [4.69, 9.17) is 10.5 Å². The van der Waals surface area contributed by atoms with E-state index in [1.54, 1.807) is 10.4 Å². The molecule has 2 aliphatic heterocycles. The zero-order valence-corrected chi connectivity index (χ0v) is 19.9. The molecule has 1 amide bonds. The monoisotopic (exact) mass is 512 g/mol. The van der Waals surface area contributed by atoms with Crippen molar-refractivity contribution >= 4 is 42.8 Å². The van der Waals surface area contributed by atoms with Gasteiger partial charge in [-0.25, -0.2) is 12.7 Å². The van der Waals surface area contributed by atoms with Gasteiger partial charge in [-0.1, -0.05) is 15.9 Å². The predicted molar refractivity (Wildman–Crippen MR) is 124 cm³/mol. The zero-order chi connectivity index (χ0) is 22.0. The maximum absolute atomic E-state index is 12.8. The number of hydrogen-bond acceptors (Lipinski definition) is 5. The summed E-state index contributed by atoms with van der Waals surface area (Å²) >= 11 is 3.46. The first-order chi connectivity index (χ1) is 14.8. The summed E-state index contributed by atoms with van der Waals surface area (Å²) in [4.78, 5) is 17.3. The number of nitrogens with zero attached hydrogens (tertiary/aromatic N) is 2. The fourth-order valence-corrected chi connectivity index (χ4v) is 6.60. The first kappa shape index (κ1) is 22.7. The van der Waals surface area contributed by atoms with E-state index in [1.165, 1.54) is 0 Å². The van der Waals surface area contributed by atoms with Gasteiger partial charge in [0, 0.05) is 42.2 Å². The second-order valence-corrected chi connectivity index (χ2v) is 11.3. The Morgan fingerprint density at radius 1 is 1.19 bits per heavy atom. The average Bonchev–Trinajstić information content (AvgIpc) is 3.17. The summed E-state index contributed by atoms with van der Waals surface area (Å²) in [5, 5.41) is 0.968. The molecule has 0 radical (unpaired) electrons. The van der Waals surface area contributed by atoms with Crippen molar-refractivity contribution in [3.63, 3.8) is 0 Å². The van der Waals surface area contributed by atoms with Crippen molar-refractivity contribution < 1.29 is 17.9 Å². The number of aromatic amines is 1. The molecule has 0 bridgehead atoms. The molecule has 0 atom stereocenters. The van der Waals surface area contributed by atoms with Crippen LogP contribution in [0.15, 0.2) is 22.8 Å². The molecule has 0 unspecified atom stereocenters. The quantitative estimate of drug-likeness (QED) is 0.591. The van der Waals surface area contributed by atoms with Crippen molar-refractivity contribution in [3.05, 3.63) is 33.9 Å². The highest BCUT2D eigenvalue weighted by Crippen LogP contribution is 2.36. The van der Waals surface area contributed by atoms with Gasteiger partial charge in [-0.2, -0.15) is 0 Å². The number of carbonyl (C=O) groups is 1. The number of sulfonamides is 1. The lowest BCUT2D eigenvalue weighted by Crippen LogP contribution is -2.41. The number of nitrogens with two attached hydrogens (primary N) is 1. The molecule has 0 spiro atoms. The molecule has 0 saturated carbocycles. The molecule has 31 heavy (non-hydrogen) atoms. The summed E-state index contributed by atoms with van der Waals surface area (Å²) in [7, 11) is -3.24. The Kier molecular flexibility index (Phi) is 7.02. The number of rotatable bonds is 7. The molecule has 10 heteroatoms. The van der Waals surface area contributed by atoms with Gasteiger partial charge in [0.25, 0.3) is 5.91 Å². The van der Waals surface area contributed by atoms with E-state index >= 15 is 0 Å². The Bertz CT molecular complexity index is 1040. The number of carbonyl (C=O) groups excluding carboxylic acids is 1. The minimum atomic E-state index is -3.24. The van der Waals surface area contributed by atoms with E-state index in [0.717, 1.165) is 66.6 Å². The Morgan fingerprint density at radius 2 is 1.90 bits per heavy atom. The van der Waals surface area contributed by atoms with Gasteiger partial charge in [0.1, 0.15) is 0 Å². The number of nitrogens with one attached hydrogen (secondary N) is 1. The third kappa shape index (κ3) is 5.14. The lowest BCUT2D eigenvalue weighted by Gasteiger charge is -2.32. The second kappa shape index (κ2) is 9.58. The minimum Gasteiger partial charge on any atom is -0.379 e. The topological polar surface area (TPSA) is 109 Å². The van der Waals surface area contributed by atoms with Crippen LogP contribution in [-0.4, -0.2) is 80.2 Å². The van der Waals surface area contributed by atoms with Gasteiger partial charge in [0.05, 0.1) is 30.0 Å². The number of aromatic nitrogens is 1. The highest BCUT2D eigenvalue weighted by atomic mass is 79.9. The molecular formula is C21H29BrN4O4S. The van der Waals surface area contributed by atoms with Crippen LogP contribution in [0, 0.1) is 0 Å². The van der Waals surface area contributed by atoms with E-state index < -0.39 is 15.9 Å². The van der Waals surface area contributed by atoms with Crippen molar-refractivity contribution in [1.82, 2.24) is 14.2 Å². The van der Waals surface area contributed by atoms with Gasteiger partial charge < -0.3 is 15.5 Å². The molecule has 3 heterocycles. The smallest absolute Gasteiger partial charge is 0.250 e. The number of amides is 1. The van der Waals surface area contributed by atoms with Gasteiger partial charge in [-0.3, -0.25) is 9.69 Å². The lowest BCUT2D eigenvalue weighted by molar-refractivity contribution is 0.0380. The zero-order valence-electron chi connectivity index (χ0n) is 17.5. The highest BCUT2D eigenvalue weighted by molar-refractivity contribution is 9.10. The van der Waals surface area contributed by atoms with Crippen LogP contribution < -0.4 is 5.73 Å². The van der Waals surface area contributed by atoms with Crippen LogP contribution in [0.5, 0.6) is 0 Å². The van der Waals surface area contributed by atoms with Crippen LogP contribution in [-0.2, 0) is 14.8 Å². The van der Waals surface area contributed by atoms with Crippen LogP contribution in [0.4, 0.5) is 0 Å². The fraction of sp³-hybridized carbons (Fsp3) is 0.571. The van der Waals surface area contributed by atoms with Crippen molar-refractivity contribution in [3.8, 4) is 0 Å². The second-order valence-electron chi connectivity index (χ2n) is 8.28. The molecule has 170 valence electrons. The van der Waals surface area contributed by atoms with E-state index in [1.807, 2.05) is 12.3 Å². The van der Waals surface area contributed by atoms with Crippen molar-refractivity contribution in [1.29, 1.82) is 0 Å². The minimum absolute atomic E-state index is 0.191. The number of hydrogen-bond donors (Lipinski definition) is 2. The first-order valence-electron chi connectivity index (χ1n) is 10.7. The molecule has 8 nitrogen and oxygen atoms in total. The van der Waals surface area contributed by atoms with Crippen LogP contribution in [0.25, 0.3) is 10.9 Å². The molecule has 2 saturated heterocycles. The summed E-state index contributed by atoms with van der Waals surface area (Å²) in [6, 6.07) is 3.71. The summed E-state index contributed by atoms with van der Waals surface area (Å²) in [5.41, 5.74) is 7.84. The Labute approximate surface area is 191 Å². The van der Waals surface area contributed by atoms with E-state index in [2.05, 4.69) is 25.8 Å². The summed E-state index contributed by atoms with van der Waals surface area (Å²) in [6.45, 7) is 5.05. The molecular weight excluding hydrogens is 484 g/mol. The van der Waals surface area contributed by atoms with Crippen molar-refractivity contribution in [2.75, 3.05) is 51.7 Å². The molecule has 4 rings (SSSR count). The number of halogens is 1. The Hall–Kier alpha value is -1.46. The number of morpholine rings is 1. The maximum atomic E-state index is 12.8. The van der Waals surface area contributed by atoms with Crippen LogP contribution >= 0.6 is 15.9 Å². The number of piperidine rings is 1. The number of H-pyrrole nitrogens is 1. The third-order valence-corrected chi connectivity index (χ3v) is 8.73. The number of ether oxygens (including phenoxy) is 1. The predicted octanol–water partition coefficient (Wildman–Crippen LogP) is 2.26. The molecule has 0 aliphatic carbocycles. The van der Waals surface area contributed by atoms with Gasteiger partial charge >= 0.3 is 0 Å². The Morgan fingerprint density at radius 3 is 2.58 bits per heavy atom. The number of fused-ring (bicyclic) bond motifs is 1.